The highest BCUT2D eigenvalue weighted by Gasteiger charge is 2.33. The molecule has 1 unspecified atom stereocenters. The van der Waals surface area contributed by atoms with Gasteiger partial charge in [-0.15, -0.1) is 5.10 Å². The summed E-state index contributed by atoms with van der Waals surface area (Å²) in [5.74, 6) is 0.638. The predicted octanol–water partition coefficient (Wildman–Crippen LogP) is 2.25. The van der Waals surface area contributed by atoms with Gasteiger partial charge in [0.1, 0.15) is 0 Å². The van der Waals surface area contributed by atoms with Gasteiger partial charge < -0.3 is 5.73 Å². The molecule has 0 saturated heterocycles. The molecule has 0 saturated carbocycles. The summed E-state index contributed by atoms with van der Waals surface area (Å²) in [6, 6.07) is 2.18. The second kappa shape index (κ2) is 4.38. The van der Waals surface area contributed by atoms with Crippen molar-refractivity contribution in [3.63, 3.8) is 0 Å². The Kier molecular flexibility index (Phi) is 2.90. The lowest BCUT2D eigenvalue weighted by molar-refractivity contribution is 0.278. The molecule has 3 rings (SSSR count). The van der Waals surface area contributed by atoms with Crippen molar-refractivity contribution >= 4 is 0 Å². The van der Waals surface area contributed by atoms with Crippen molar-refractivity contribution in [2.45, 2.75) is 46.6 Å². The number of hydrogen-bond donors (Lipinski definition) is 1. The van der Waals surface area contributed by atoms with E-state index in [1.165, 1.54) is 11.3 Å². The van der Waals surface area contributed by atoms with Crippen molar-refractivity contribution < 1.29 is 0 Å². The van der Waals surface area contributed by atoms with E-state index < -0.39 is 0 Å². The molecule has 5 nitrogen and oxygen atoms in total. The molecule has 2 aromatic heterocycles. The summed E-state index contributed by atoms with van der Waals surface area (Å²) in [6.45, 7) is 8.39. The smallest absolute Gasteiger partial charge is 0.253 e. The topological polar surface area (TPSA) is 69.6 Å². The number of fused-ring (bicyclic) bond motifs is 1. The lowest BCUT2D eigenvalue weighted by atomic mass is 9.75. The van der Waals surface area contributed by atoms with Gasteiger partial charge in [-0.2, -0.15) is 5.10 Å². The Labute approximate surface area is 119 Å². The van der Waals surface area contributed by atoms with E-state index in [1.807, 2.05) is 24.6 Å². The number of nitrogens with zero attached hydrogens (tertiary/aromatic N) is 4. The van der Waals surface area contributed by atoms with E-state index in [0.717, 1.165) is 24.2 Å². The van der Waals surface area contributed by atoms with E-state index in [1.54, 1.807) is 0 Å². The zero-order valence-corrected chi connectivity index (χ0v) is 12.5. The molecule has 1 atom stereocenters. The summed E-state index contributed by atoms with van der Waals surface area (Å²) in [7, 11) is 0. The monoisotopic (exact) mass is 271 g/mol. The third kappa shape index (κ3) is 2.12. The van der Waals surface area contributed by atoms with Crippen LogP contribution in [0.2, 0.25) is 0 Å². The summed E-state index contributed by atoms with van der Waals surface area (Å²) in [4.78, 5) is 4.54. The quantitative estimate of drug-likeness (QED) is 0.863. The van der Waals surface area contributed by atoms with Gasteiger partial charge in [0.2, 0.25) is 0 Å². The molecule has 1 aliphatic carbocycles. The van der Waals surface area contributed by atoms with Gasteiger partial charge in [-0.05, 0) is 43.7 Å². The Bertz CT molecular complexity index is 656. The van der Waals surface area contributed by atoms with E-state index in [9.17, 15) is 0 Å². The van der Waals surface area contributed by atoms with Crippen LogP contribution in [0.1, 0.15) is 49.0 Å². The lowest BCUT2D eigenvalue weighted by Crippen LogP contribution is -2.30. The summed E-state index contributed by atoms with van der Waals surface area (Å²) >= 11 is 0. The minimum Gasteiger partial charge on any atom is -0.324 e. The van der Waals surface area contributed by atoms with Gasteiger partial charge in [0.05, 0.1) is 11.4 Å². The largest absolute Gasteiger partial charge is 0.324 e. The highest BCUT2D eigenvalue weighted by molar-refractivity contribution is 5.35. The zero-order valence-electron chi connectivity index (χ0n) is 12.5. The average molecular weight is 271 g/mol. The standard InChI is InChI=1S/C15H21N5/c1-9-10(2)18-19-14(17-9)20-6-5-11-12(16)7-15(3,4)8-13(11)20/h5-6,12H,7-8,16H2,1-4H3. The van der Waals surface area contributed by atoms with Gasteiger partial charge in [-0.25, -0.2) is 4.98 Å². The first-order valence-corrected chi connectivity index (χ1v) is 7.01. The maximum Gasteiger partial charge on any atom is 0.253 e. The van der Waals surface area contributed by atoms with Crippen LogP contribution in [0.15, 0.2) is 12.3 Å². The van der Waals surface area contributed by atoms with E-state index in [-0.39, 0.29) is 11.5 Å². The Morgan fingerprint density at radius 2 is 2.00 bits per heavy atom. The molecule has 2 aromatic rings. The predicted molar refractivity (Wildman–Crippen MR) is 77.7 cm³/mol. The van der Waals surface area contributed by atoms with Crippen LogP contribution in [0.3, 0.4) is 0 Å². The minimum atomic E-state index is 0.0921. The summed E-state index contributed by atoms with van der Waals surface area (Å²) in [6.07, 6.45) is 4.01. The molecule has 2 N–H and O–H groups in total. The zero-order chi connectivity index (χ0) is 14.5. The Morgan fingerprint density at radius 3 is 2.70 bits per heavy atom. The fraction of sp³-hybridized carbons (Fsp3) is 0.533. The van der Waals surface area contributed by atoms with Gasteiger partial charge in [0.15, 0.2) is 0 Å². The minimum absolute atomic E-state index is 0.0921. The first kappa shape index (κ1) is 13.2. The van der Waals surface area contributed by atoms with Crippen LogP contribution in [-0.2, 0) is 6.42 Å². The Morgan fingerprint density at radius 1 is 1.25 bits per heavy atom. The molecular formula is C15H21N5. The van der Waals surface area contributed by atoms with Crippen LogP contribution >= 0.6 is 0 Å². The van der Waals surface area contributed by atoms with Crippen LogP contribution in [0.5, 0.6) is 0 Å². The molecule has 0 aliphatic heterocycles. The third-order valence-electron chi connectivity index (χ3n) is 4.14. The molecular weight excluding hydrogens is 250 g/mol. The maximum atomic E-state index is 6.30. The van der Waals surface area contributed by atoms with Gasteiger partial charge in [0.25, 0.3) is 5.95 Å². The Hall–Kier alpha value is -1.75. The number of aryl methyl sites for hydroxylation is 2. The number of hydrogen-bond acceptors (Lipinski definition) is 4. The first-order valence-electron chi connectivity index (χ1n) is 7.01. The van der Waals surface area contributed by atoms with Crippen molar-refractivity contribution in [2.75, 3.05) is 0 Å². The highest BCUT2D eigenvalue weighted by atomic mass is 15.3. The lowest BCUT2D eigenvalue weighted by Gasteiger charge is -2.34. The SMILES string of the molecule is Cc1nnc(-n2ccc3c2CC(C)(C)CC3N)nc1C. The number of rotatable bonds is 1. The fourth-order valence-electron chi connectivity index (χ4n) is 2.97. The Balaban J connectivity index is 2.10. The molecule has 0 radical (unpaired) electrons. The molecule has 20 heavy (non-hydrogen) atoms. The summed E-state index contributed by atoms with van der Waals surface area (Å²) in [5.41, 5.74) is 10.7. The van der Waals surface area contributed by atoms with Crippen LogP contribution < -0.4 is 5.73 Å². The number of aromatic nitrogens is 4. The van der Waals surface area contributed by atoms with Gasteiger partial charge in [0, 0.05) is 17.9 Å². The van der Waals surface area contributed by atoms with Crippen molar-refractivity contribution in [1.29, 1.82) is 0 Å². The van der Waals surface area contributed by atoms with Crippen molar-refractivity contribution in [1.82, 2.24) is 19.7 Å². The van der Waals surface area contributed by atoms with Crippen molar-refractivity contribution in [3.05, 3.63) is 34.9 Å². The molecule has 0 fully saturated rings. The van der Waals surface area contributed by atoms with Crippen LogP contribution in [0.4, 0.5) is 0 Å². The van der Waals surface area contributed by atoms with Crippen LogP contribution in [-0.4, -0.2) is 19.7 Å². The molecule has 0 spiro atoms. The van der Waals surface area contributed by atoms with E-state index in [0.29, 0.717) is 5.95 Å². The molecule has 2 heterocycles. The summed E-state index contributed by atoms with van der Waals surface area (Å²) < 4.78 is 2.04. The van der Waals surface area contributed by atoms with Crippen LogP contribution in [0, 0.1) is 19.3 Å². The molecule has 0 amide bonds. The maximum absolute atomic E-state index is 6.30. The summed E-state index contributed by atoms with van der Waals surface area (Å²) in [5, 5.41) is 8.40. The van der Waals surface area contributed by atoms with Crippen LogP contribution in [0.25, 0.3) is 5.95 Å². The van der Waals surface area contributed by atoms with Gasteiger partial charge in [-0.3, -0.25) is 4.57 Å². The van der Waals surface area contributed by atoms with Crippen molar-refractivity contribution in [2.24, 2.45) is 11.1 Å². The third-order valence-corrected chi connectivity index (χ3v) is 4.14. The normalized spacial score (nSPS) is 20.8. The second-order valence-corrected chi connectivity index (χ2v) is 6.52. The molecule has 5 heteroatoms. The average Bonchev–Trinajstić information content (AvgIpc) is 2.75. The molecule has 1 aliphatic rings. The van der Waals surface area contributed by atoms with Crippen molar-refractivity contribution in [3.8, 4) is 5.95 Å². The highest BCUT2D eigenvalue weighted by Crippen LogP contribution is 2.40. The second-order valence-electron chi connectivity index (χ2n) is 6.52. The van der Waals surface area contributed by atoms with E-state index in [2.05, 4.69) is 35.1 Å². The molecule has 0 aromatic carbocycles. The molecule has 106 valence electrons. The first-order chi connectivity index (χ1) is 9.37. The van der Waals surface area contributed by atoms with Gasteiger partial charge in [-0.1, -0.05) is 13.8 Å². The van der Waals surface area contributed by atoms with E-state index >= 15 is 0 Å². The fourth-order valence-corrected chi connectivity index (χ4v) is 2.97. The molecule has 0 bridgehead atoms. The van der Waals surface area contributed by atoms with Gasteiger partial charge >= 0.3 is 0 Å². The van der Waals surface area contributed by atoms with E-state index in [4.69, 9.17) is 5.73 Å². The number of nitrogens with two attached hydrogens (primary N) is 1.